The number of hydrogen-bond donors (Lipinski definition) is 6. The molecule has 7 rings (SSSR count). The summed E-state index contributed by atoms with van der Waals surface area (Å²) in [5, 5.41) is 29.8. The molecular formula is C56H71FN12O11. The third-order valence-corrected chi connectivity index (χ3v) is 14.5. The van der Waals surface area contributed by atoms with Crippen molar-refractivity contribution in [2.45, 2.75) is 110 Å². The Balaban J connectivity index is 0.939. The number of primary amides is 1. The van der Waals surface area contributed by atoms with Crippen LogP contribution in [-0.4, -0.2) is 142 Å². The van der Waals surface area contributed by atoms with E-state index >= 15 is 4.39 Å². The number of benzene rings is 3. The molecule has 4 aromatic rings. The lowest BCUT2D eigenvalue weighted by Crippen LogP contribution is -2.49. The maximum Gasteiger partial charge on any atom is 0.410 e. The van der Waals surface area contributed by atoms with E-state index in [2.05, 4.69) is 31.6 Å². The average Bonchev–Trinajstić information content (AvgIpc) is 4.15. The summed E-state index contributed by atoms with van der Waals surface area (Å²) in [7, 11) is 0. The van der Waals surface area contributed by atoms with Gasteiger partial charge in [-0.3, -0.25) is 38.5 Å². The number of anilines is 3. The van der Waals surface area contributed by atoms with E-state index in [1.54, 1.807) is 46.3 Å². The van der Waals surface area contributed by atoms with Gasteiger partial charge in [0.1, 0.15) is 36.1 Å². The van der Waals surface area contributed by atoms with Crippen molar-refractivity contribution in [1.29, 1.82) is 0 Å². The number of nitrogens with two attached hydrogens (primary N) is 1. The zero-order valence-electron chi connectivity index (χ0n) is 45.4. The zero-order chi connectivity index (χ0) is 57.5. The number of amides is 8. The Morgan fingerprint density at radius 1 is 0.838 bits per heavy atom. The number of Topliss-reactive ketones (excluding diaryl/α,β-unsaturated/α-hetero) is 1. The van der Waals surface area contributed by atoms with Crippen molar-refractivity contribution >= 4 is 70.5 Å². The van der Waals surface area contributed by atoms with Crippen LogP contribution >= 0.6 is 0 Å². The number of ketones is 1. The van der Waals surface area contributed by atoms with Gasteiger partial charge in [0.25, 0.3) is 0 Å². The number of imide groups is 1. The van der Waals surface area contributed by atoms with E-state index in [0.717, 1.165) is 11.6 Å². The van der Waals surface area contributed by atoms with E-state index in [1.165, 1.54) is 14.5 Å². The summed E-state index contributed by atoms with van der Waals surface area (Å²) >= 11 is 0. The van der Waals surface area contributed by atoms with Crippen LogP contribution in [0.15, 0.2) is 72.9 Å². The van der Waals surface area contributed by atoms with Crippen molar-refractivity contribution in [3.8, 4) is 0 Å². The van der Waals surface area contributed by atoms with Crippen LogP contribution in [0.1, 0.15) is 118 Å². The molecule has 2 fully saturated rings. The Bertz CT molecular complexity index is 2860. The fourth-order valence-corrected chi connectivity index (χ4v) is 10.0. The molecule has 2 saturated heterocycles. The molecule has 7 N–H and O–H groups in total. The molecule has 8 amide bonds. The smallest absolute Gasteiger partial charge is 0.410 e. The Morgan fingerprint density at radius 2 is 1.55 bits per heavy atom. The predicted molar refractivity (Wildman–Crippen MR) is 292 cm³/mol. The number of nitrogens with one attached hydrogen (secondary N) is 4. The van der Waals surface area contributed by atoms with Crippen LogP contribution in [-0.2, 0) is 46.5 Å². The minimum Gasteiger partial charge on any atom is -0.481 e. The summed E-state index contributed by atoms with van der Waals surface area (Å²) in [6.45, 7) is 7.60. The van der Waals surface area contributed by atoms with Crippen molar-refractivity contribution in [3.63, 3.8) is 0 Å². The molecular weight excluding hydrogens is 1040 g/mol. The third-order valence-electron chi connectivity index (χ3n) is 14.5. The Morgan fingerprint density at radius 3 is 2.21 bits per heavy atom. The lowest BCUT2D eigenvalue weighted by Gasteiger charge is -2.37. The lowest BCUT2D eigenvalue weighted by atomic mass is 9.90. The molecule has 4 atom stereocenters. The number of fused-ring (bicyclic) bond motifs is 1. The van der Waals surface area contributed by atoms with Gasteiger partial charge in [-0.1, -0.05) is 67.9 Å². The van der Waals surface area contributed by atoms with Gasteiger partial charge in [0.2, 0.25) is 29.5 Å². The number of carbonyl (C=O) groups excluding carboxylic acids is 8. The van der Waals surface area contributed by atoms with Crippen LogP contribution in [0.3, 0.4) is 0 Å². The predicted octanol–water partition coefficient (Wildman–Crippen LogP) is 4.87. The average molecular weight is 1110 g/mol. The number of urea groups is 1. The molecule has 23 nitrogen and oxygen atoms in total. The first-order valence-electron chi connectivity index (χ1n) is 27.2. The number of carboxylic acid groups (broad SMARTS) is 1. The minimum atomic E-state index is -1.28. The molecule has 0 aliphatic carbocycles. The molecule has 24 heteroatoms. The third kappa shape index (κ3) is 15.6. The number of aliphatic carboxylic acids is 1. The highest BCUT2D eigenvalue weighted by Gasteiger charge is 2.38. The van der Waals surface area contributed by atoms with Gasteiger partial charge < -0.3 is 51.5 Å². The van der Waals surface area contributed by atoms with Crippen LogP contribution in [0, 0.1) is 17.7 Å². The van der Waals surface area contributed by atoms with Crippen LogP contribution in [0.5, 0.6) is 0 Å². The van der Waals surface area contributed by atoms with Crippen molar-refractivity contribution in [2.75, 3.05) is 67.5 Å². The molecule has 0 radical (unpaired) electrons. The molecule has 2 unspecified atom stereocenters. The van der Waals surface area contributed by atoms with Crippen molar-refractivity contribution in [3.05, 3.63) is 101 Å². The van der Waals surface area contributed by atoms with Gasteiger partial charge in [-0.25, -0.2) is 18.7 Å². The summed E-state index contributed by atoms with van der Waals surface area (Å²) in [4.78, 5) is 121. The van der Waals surface area contributed by atoms with Crippen LogP contribution in [0.2, 0.25) is 0 Å². The molecule has 4 heterocycles. The first-order chi connectivity index (χ1) is 38.4. The van der Waals surface area contributed by atoms with Crippen molar-refractivity contribution in [1.82, 2.24) is 40.7 Å². The second-order valence-corrected chi connectivity index (χ2v) is 20.5. The number of likely N-dealkylation sites (tertiary alicyclic amines) is 1. The van der Waals surface area contributed by atoms with E-state index in [-0.39, 0.29) is 113 Å². The molecule has 0 spiro atoms. The summed E-state index contributed by atoms with van der Waals surface area (Å²) in [6, 6.07) is 15.5. The van der Waals surface area contributed by atoms with Gasteiger partial charge in [-0.15, -0.1) is 5.10 Å². The van der Waals surface area contributed by atoms with Crippen LogP contribution in [0.4, 0.5) is 31.0 Å². The maximum atomic E-state index is 15.5. The molecule has 3 aromatic carbocycles. The standard InChI is InChI=1S/C56H71FN12O11/c1-4-65-32-40(54(76)77)51(73)39-30-41(57)46(31-45(39)65)66-25-27-67(28-26-66)56(79)80-34-37-17-19-38(20-18-37)60-53(75)44(15-10-11-23-59-55(58)78)69-33-43(63-64-69)50(35(2)3)62-52(74)42(29-36-13-7-5-8-14-36)61-47(70)16-9-6-12-24-68-48(71)21-22-49(68)72/h5,7-8,13-14,17-20,30-31,33,35,40,42,44,50H,4,6,9-12,15-16,21-29,32,34H2,1-3H3,(H,60,75)(H,61,70)(H,62,74)(H,76,77)(H3,58,59,78)/t40?,42-,44?,50+/m1/s1. The SMILES string of the molecule is CCN1CC(C(=O)O)C(=O)c2cc(F)c(N3CCN(C(=O)OCc4ccc(NC(=O)C(CCCCNC(N)=O)n5cc([C@@H](NC(=O)[C@@H](Cc6ccccc6)NC(=O)CCCCCN6C(=O)CCC6=O)C(C)C)nn5)cc4)CC3)cc21. The second-order valence-electron chi connectivity index (χ2n) is 20.5. The van der Waals surface area contributed by atoms with Crippen LogP contribution in [0.25, 0.3) is 0 Å². The number of unbranched alkanes of at least 4 members (excludes halogenated alkanes) is 3. The number of piperazine rings is 1. The molecule has 80 heavy (non-hydrogen) atoms. The highest BCUT2D eigenvalue weighted by molar-refractivity contribution is 6.13. The fourth-order valence-electron chi connectivity index (χ4n) is 10.0. The first-order valence-corrected chi connectivity index (χ1v) is 27.2. The van der Waals surface area contributed by atoms with E-state index in [0.29, 0.717) is 67.8 Å². The normalized spacial score (nSPS) is 16.5. The number of carboxylic acids is 1. The quantitative estimate of drug-likeness (QED) is 0.0278. The summed E-state index contributed by atoms with van der Waals surface area (Å²) in [5.74, 6) is -5.57. The maximum absolute atomic E-state index is 15.5. The molecule has 0 bridgehead atoms. The lowest BCUT2D eigenvalue weighted by molar-refractivity contribution is -0.140. The van der Waals surface area contributed by atoms with Gasteiger partial charge >= 0.3 is 18.1 Å². The number of carbonyl (C=O) groups is 9. The zero-order valence-corrected chi connectivity index (χ0v) is 45.4. The molecule has 3 aliphatic heterocycles. The van der Waals surface area contributed by atoms with Crippen LogP contribution < -0.4 is 36.8 Å². The molecule has 428 valence electrons. The topological polar surface area (TPSA) is 301 Å². The minimum absolute atomic E-state index is 0.0125. The molecule has 3 aliphatic rings. The Hall–Kier alpha value is -8.44. The largest absolute Gasteiger partial charge is 0.481 e. The van der Waals surface area contributed by atoms with E-state index in [9.17, 15) is 48.3 Å². The molecule has 1 aromatic heterocycles. The highest BCUT2D eigenvalue weighted by atomic mass is 19.1. The Kier molecular flexibility index (Phi) is 20.7. The first kappa shape index (κ1) is 59.2. The number of ether oxygens (including phenoxy) is 1. The Labute approximate surface area is 463 Å². The highest BCUT2D eigenvalue weighted by Crippen LogP contribution is 2.36. The van der Waals surface area contributed by atoms with Gasteiger partial charge in [0.05, 0.1) is 17.9 Å². The van der Waals surface area contributed by atoms with Gasteiger partial charge in [-0.05, 0) is 80.3 Å². The number of nitrogens with zero attached hydrogens (tertiary/aromatic N) is 7. The fraction of sp³-hybridized carbons (Fsp3) is 0.482. The summed E-state index contributed by atoms with van der Waals surface area (Å²) in [5.41, 5.74) is 8.31. The summed E-state index contributed by atoms with van der Waals surface area (Å²) < 4.78 is 22.6. The number of hydrogen-bond acceptors (Lipinski definition) is 14. The van der Waals surface area contributed by atoms with Gasteiger partial charge in [0.15, 0.2) is 5.78 Å². The number of halogens is 1. The van der Waals surface area contributed by atoms with Gasteiger partial charge in [0, 0.05) is 95.0 Å². The van der Waals surface area contributed by atoms with E-state index in [1.807, 2.05) is 51.1 Å². The second kappa shape index (κ2) is 27.9. The summed E-state index contributed by atoms with van der Waals surface area (Å²) in [6.07, 6.45) is 4.79. The van der Waals surface area contributed by atoms with E-state index in [4.69, 9.17) is 10.5 Å². The number of rotatable bonds is 26. The van der Waals surface area contributed by atoms with Crippen molar-refractivity contribution < 1.29 is 57.4 Å². The number of aromatic nitrogens is 3. The van der Waals surface area contributed by atoms with Gasteiger partial charge in [-0.2, -0.15) is 0 Å². The van der Waals surface area contributed by atoms with Crippen molar-refractivity contribution in [2.24, 2.45) is 17.6 Å². The monoisotopic (exact) mass is 1110 g/mol. The molecule has 0 saturated carbocycles. The van der Waals surface area contributed by atoms with E-state index < -0.39 is 65.6 Å².